The van der Waals surface area contributed by atoms with Crippen molar-refractivity contribution in [3.63, 3.8) is 0 Å². The molecule has 0 atom stereocenters. The van der Waals surface area contributed by atoms with Gasteiger partial charge in [-0.25, -0.2) is 4.39 Å². The van der Waals surface area contributed by atoms with Crippen molar-refractivity contribution in [3.05, 3.63) is 65.2 Å². The van der Waals surface area contributed by atoms with Crippen LogP contribution >= 0.6 is 0 Å². The van der Waals surface area contributed by atoms with Gasteiger partial charge in [0.25, 0.3) is 5.91 Å². The van der Waals surface area contributed by atoms with Gasteiger partial charge in [-0.1, -0.05) is 18.2 Å². The smallest absolute Gasteiger partial charge is 0.257 e. The number of hydrogen-bond acceptors (Lipinski definition) is 3. The Labute approximate surface area is 122 Å². The lowest BCUT2D eigenvalue weighted by Gasteiger charge is -2.21. The molecule has 2 aromatic rings. The summed E-state index contributed by atoms with van der Waals surface area (Å²) in [5, 5.41) is 9.08. The van der Waals surface area contributed by atoms with Crippen LogP contribution in [0.5, 0.6) is 0 Å². The summed E-state index contributed by atoms with van der Waals surface area (Å²) < 4.78 is 13.7. The number of carbonyl (C=O) groups excluding carboxylic acids is 1. The van der Waals surface area contributed by atoms with Crippen LogP contribution in [-0.2, 0) is 6.54 Å². The fourth-order valence-corrected chi connectivity index (χ4v) is 2.02. The number of pyridine rings is 1. The van der Waals surface area contributed by atoms with Gasteiger partial charge in [-0.3, -0.25) is 9.78 Å². The zero-order valence-corrected chi connectivity index (χ0v) is 11.6. The molecule has 0 spiro atoms. The first-order chi connectivity index (χ1) is 10.2. The molecule has 1 aromatic heterocycles. The first-order valence-electron chi connectivity index (χ1n) is 6.54. The number of rotatable bonds is 4. The van der Waals surface area contributed by atoms with Crippen LogP contribution in [0.3, 0.4) is 0 Å². The first-order valence-corrected chi connectivity index (χ1v) is 6.54. The summed E-state index contributed by atoms with van der Waals surface area (Å²) in [5.74, 6) is -1.06. The zero-order valence-electron chi connectivity index (χ0n) is 11.6. The fraction of sp³-hybridized carbons (Fsp3) is 0.188. The van der Waals surface area contributed by atoms with E-state index < -0.39 is 11.7 Å². The lowest BCUT2D eigenvalue weighted by molar-refractivity contribution is 0.0747. The van der Waals surface area contributed by atoms with Gasteiger partial charge in [-0.05, 0) is 24.6 Å². The molecule has 2 rings (SSSR count). The summed E-state index contributed by atoms with van der Waals surface area (Å²) in [4.78, 5) is 17.5. The van der Waals surface area contributed by atoms with E-state index in [9.17, 15) is 9.18 Å². The molecule has 0 aliphatic rings. The summed E-state index contributed by atoms with van der Waals surface area (Å²) in [6, 6.07) is 10.5. The largest absolute Gasteiger partial charge is 0.334 e. The second kappa shape index (κ2) is 6.62. The van der Waals surface area contributed by atoms with Gasteiger partial charge in [0.05, 0.1) is 23.4 Å². The molecule has 4 nitrogen and oxygen atoms in total. The van der Waals surface area contributed by atoms with E-state index in [1.54, 1.807) is 18.2 Å². The SMILES string of the molecule is CCN(Cc1ccccc1C#N)C(=O)c1ccncc1F. The van der Waals surface area contributed by atoms with Crippen LogP contribution in [0.4, 0.5) is 4.39 Å². The van der Waals surface area contributed by atoms with Crippen LogP contribution in [0.25, 0.3) is 0 Å². The molecule has 0 unspecified atom stereocenters. The molecule has 0 aliphatic carbocycles. The predicted octanol–water partition coefficient (Wildman–Crippen LogP) is 2.75. The molecular weight excluding hydrogens is 269 g/mol. The molecule has 0 bridgehead atoms. The van der Waals surface area contributed by atoms with Crippen LogP contribution in [0.1, 0.15) is 28.4 Å². The standard InChI is InChI=1S/C16H14FN3O/c1-2-20(11-13-6-4-3-5-12(13)9-18)16(21)14-7-8-19-10-15(14)17/h3-8,10H,2,11H2,1H3. The van der Waals surface area contributed by atoms with Crippen LogP contribution in [0.2, 0.25) is 0 Å². The fourth-order valence-electron chi connectivity index (χ4n) is 2.02. The van der Waals surface area contributed by atoms with Gasteiger partial charge in [-0.2, -0.15) is 5.26 Å². The van der Waals surface area contributed by atoms with Crippen molar-refractivity contribution in [2.24, 2.45) is 0 Å². The molecule has 1 aromatic carbocycles. The highest BCUT2D eigenvalue weighted by Gasteiger charge is 2.19. The molecule has 106 valence electrons. The quantitative estimate of drug-likeness (QED) is 0.867. The monoisotopic (exact) mass is 283 g/mol. The molecule has 1 amide bonds. The molecule has 0 aliphatic heterocycles. The molecule has 1 heterocycles. The van der Waals surface area contributed by atoms with Crippen molar-refractivity contribution in [3.8, 4) is 6.07 Å². The molecular formula is C16H14FN3O. The van der Waals surface area contributed by atoms with Crippen molar-refractivity contribution in [1.82, 2.24) is 9.88 Å². The molecule has 0 N–H and O–H groups in total. The maximum absolute atomic E-state index is 13.7. The average Bonchev–Trinajstić information content (AvgIpc) is 2.52. The Morgan fingerprint density at radius 3 is 2.81 bits per heavy atom. The number of benzene rings is 1. The van der Waals surface area contributed by atoms with E-state index in [-0.39, 0.29) is 12.1 Å². The number of amides is 1. The second-order valence-corrected chi connectivity index (χ2v) is 4.44. The first kappa shape index (κ1) is 14.7. The molecule has 0 saturated heterocycles. The molecule has 5 heteroatoms. The Hall–Kier alpha value is -2.74. The number of hydrogen-bond donors (Lipinski definition) is 0. The van der Waals surface area contributed by atoms with E-state index in [4.69, 9.17) is 5.26 Å². The molecule has 21 heavy (non-hydrogen) atoms. The minimum Gasteiger partial charge on any atom is -0.334 e. The van der Waals surface area contributed by atoms with E-state index in [0.717, 1.165) is 11.8 Å². The number of carbonyl (C=O) groups is 1. The molecule has 0 radical (unpaired) electrons. The Morgan fingerprint density at radius 1 is 1.38 bits per heavy atom. The Kier molecular flexibility index (Phi) is 4.62. The van der Waals surface area contributed by atoms with Gasteiger partial charge in [0.1, 0.15) is 0 Å². The summed E-state index contributed by atoms with van der Waals surface area (Å²) in [7, 11) is 0. The summed E-state index contributed by atoms with van der Waals surface area (Å²) in [5.41, 5.74) is 1.24. The number of nitrogens with zero attached hydrogens (tertiary/aromatic N) is 3. The second-order valence-electron chi connectivity index (χ2n) is 4.44. The number of halogens is 1. The lowest BCUT2D eigenvalue weighted by Crippen LogP contribution is -2.31. The molecule has 0 fully saturated rings. The van der Waals surface area contributed by atoms with Gasteiger partial charge in [0.2, 0.25) is 0 Å². The maximum Gasteiger partial charge on any atom is 0.257 e. The Bertz CT molecular complexity index is 694. The van der Waals surface area contributed by atoms with E-state index in [1.807, 2.05) is 13.0 Å². The summed E-state index contributed by atoms with van der Waals surface area (Å²) in [6.07, 6.45) is 2.40. The topological polar surface area (TPSA) is 57.0 Å². The van der Waals surface area contributed by atoms with Crippen LogP contribution in [0.15, 0.2) is 42.7 Å². The van der Waals surface area contributed by atoms with E-state index in [0.29, 0.717) is 12.1 Å². The molecule has 0 saturated carbocycles. The van der Waals surface area contributed by atoms with Crippen LogP contribution in [0, 0.1) is 17.1 Å². The number of aromatic nitrogens is 1. The maximum atomic E-state index is 13.7. The summed E-state index contributed by atoms with van der Waals surface area (Å²) >= 11 is 0. The van der Waals surface area contributed by atoms with Crippen molar-refractivity contribution in [1.29, 1.82) is 5.26 Å². The van der Waals surface area contributed by atoms with E-state index >= 15 is 0 Å². The van der Waals surface area contributed by atoms with E-state index in [1.165, 1.54) is 17.2 Å². The minimum absolute atomic E-state index is 0.0127. The zero-order chi connectivity index (χ0) is 15.2. The van der Waals surface area contributed by atoms with E-state index in [2.05, 4.69) is 11.1 Å². The predicted molar refractivity (Wildman–Crippen MR) is 75.8 cm³/mol. The van der Waals surface area contributed by atoms with Crippen molar-refractivity contribution < 1.29 is 9.18 Å². The highest BCUT2D eigenvalue weighted by Crippen LogP contribution is 2.14. The number of nitriles is 1. The van der Waals surface area contributed by atoms with Gasteiger partial charge < -0.3 is 4.90 Å². The third-order valence-corrected chi connectivity index (χ3v) is 3.17. The normalized spacial score (nSPS) is 9.95. The third-order valence-electron chi connectivity index (χ3n) is 3.17. The van der Waals surface area contributed by atoms with Crippen LogP contribution < -0.4 is 0 Å². The van der Waals surface area contributed by atoms with Crippen molar-refractivity contribution in [2.45, 2.75) is 13.5 Å². The minimum atomic E-state index is -0.644. The summed E-state index contributed by atoms with van der Waals surface area (Å²) in [6.45, 7) is 2.49. The highest BCUT2D eigenvalue weighted by atomic mass is 19.1. The van der Waals surface area contributed by atoms with Gasteiger partial charge in [-0.15, -0.1) is 0 Å². The third kappa shape index (κ3) is 3.23. The van der Waals surface area contributed by atoms with Gasteiger partial charge in [0, 0.05) is 19.3 Å². The average molecular weight is 283 g/mol. The van der Waals surface area contributed by atoms with Crippen molar-refractivity contribution in [2.75, 3.05) is 6.54 Å². The van der Waals surface area contributed by atoms with Crippen LogP contribution in [-0.4, -0.2) is 22.3 Å². The Balaban J connectivity index is 2.27. The lowest BCUT2D eigenvalue weighted by atomic mass is 10.1. The van der Waals surface area contributed by atoms with Gasteiger partial charge >= 0.3 is 0 Å². The van der Waals surface area contributed by atoms with Gasteiger partial charge in [0.15, 0.2) is 5.82 Å². The highest BCUT2D eigenvalue weighted by molar-refractivity contribution is 5.94. The Morgan fingerprint density at radius 2 is 2.14 bits per heavy atom. The van der Waals surface area contributed by atoms with Crippen molar-refractivity contribution >= 4 is 5.91 Å².